The highest BCUT2D eigenvalue weighted by Crippen LogP contribution is 2.24. The minimum Gasteiger partial charge on any atom is -0.356 e. The van der Waals surface area contributed by atoms with Crippen molar-refractivity contribution in [2.24, 2.45) is 11.8 Å². The molecule has 2 aliphatic heterocycles. The van der Waals surface area contributed by atoms with Gasteiger partial charge in [-0.2, -0.15) is 0 Å². The molecule has 0 aromatic carbocycles. The van der Waals surface area contributed by atoms with Crippen molar-refractivity contribution in [2.45, 2.75) is 26.2 Å². The van der Waals surface area contributed by atoms with E-state index in [4.69, 9.17) is 0 Å². The lowest BCUT2D eigenvalue weighted by Crippen LogP contribution is -2.47. The Labute approximate surface area is 119 Å². The maximum absolute atomic E-state index is 12.3. The van der Waals surface area contributed by atoms with Crippen molar-refractivity contribution in [1.82, 2.24) is 10.2 Å². The average molecular weight is 302 g/mol. The Kier molecular flexibility index (Phi) is 4.67. The largest absolute Gasteiger partial charge is 0.356 e. The Hall–Kier alpha value is -1.11. The van der Waals surface area contributed by atoms with Crippen LogP contribution in [-0.2, 0) is 19.4 Å². The van der Waals surface area contributed by atoms with E-state index >= 15 is 0 Å². The highest BCUT2D eigenvalue weighted by Gasteiger charge is 2.37. The van der Waals surface area contributed by atoms with E-state index < -0.39 is 15.8 Å². The molecule has 2 fully saturated rings. The number of carbonyl (C=O) groups excluding carboxylic acids is 2. The SMILES string of the molecule is CCNC(=O)C1CCCN(C(=O)C2CCS(=O)(=O)C2)C1. The molecule has 0 radical (unpaired) electrons. The first-order valence-electron chi connectivity index (χ1n) is 7.20. The lowest BCUT2D eigenvalue weighted by Gasteiger charge is -2.33. The average Bonchev–Trinajstić information content (AvgIpc) is 2.79. The van der Waals surface area contributed by atoms with Gasteiger partial charge in [0.25, 0.3) is 0 Å². The molecule has 2 heterocycles. The molecule has 6 nitrogen and oxygen atoms in total. The monoisotopic (exact) mass is 302 g/mol. The van der Waals surface area contributed by atoms with Crippen LogP contribution in [0.2, 0.25) is 0 Å². The van der Waals surface area contributed by atoms with Crippen LogP contribution in [0.25, 0.3) is 0 Å². The normalized spacial score (nSPS) is 29.1. The van der Waals surface area contributed by atoms with Crippen molar-refractivity contribution < 1.29 is 18.0 Å². The number of hydrogen-bond acceptors (Lipinski definition) is 4. The van der Waals surface area contributed by atoms with Gasteiger partial charge in [0.1, 0.15) is 0 Å². The van der Waals surface area contributed by atoms with E-state index in [1.165, 1.54) is 0 Å². The Morgan fingerprint density at radius 2 is 2.00 bits per heavy atom. The van der Waals surface area contributed by atoms with Crippen LogP contribution in [0.1, 0.15) is 26.2 Å². The van der Waals surface area contributed by atoms with Gasteiger partial charge in [-0.15, -0.1) is 0 Å². The molecule has 114 valence electrons. The summed E-state index contributed by atoms with van der Waals surface area (Å²) in [6.07, 6.45) is 2.01. The van der Waals surface area contributed by atoms with Crippen LogP contribution in [-0.4, -0.2) is 56.3 Å². The van der Waals surface area contributed by atoms with Gasteiger partial charge in [0.05, 0.1) is 23.3 Å². The van der Waals surface area contributed by atoms with Gasteiger partial charge in [0, 0.05) is 19.6 Å². The summed E-state index contributed by atoms with van der Waals surface area (Å²) in [5, 5.41) is 2.78. The summed E-state index contributed by atoms with van der Waals surface area (Å²) in [7, 11) is -3.04. The Bertz CT molecular complexity index is 489. The van der Waals surface area contributed by atoms with E-state index in [1.54, 1.807) is 4.90 Å². The maximum Gasteiger partial charge on any atom is 0.226 e. The van der Waals surface area contributed by atoms with E-state index in [0.717, 1.165) is 12.8 Å². The summed E-state index contributed by atoms with van der Waals surface area (Å²) in [6, 6.07) is 0. The maximum atomic E-state index is 12.3. The Morgan fingerprint density at radius 1 is 1.25 bits per heavy atom. The van der Waals surface area contributed by atoms with Gasteiger partial charge in [-0.25, -0.2) is 8.42 Å². The number of hydrogen-bond donors (Lipinski definition) is 1. The van der Waals surface area contributed by atoms with Gasteiger partial charge in [-0.05, 0) is 26.2 Å². The molecular weight excluding hydrogens is 280 g/mol. The smallest absolute Gasteiger partial charge is 0.226 e. The van der Waals surface area contributed by atoms with E-state index in [2.05, 4.69) is 5.32 Å². The predicted molar refractivity (Wildman–Crippen MR) is 74.7 cm³/mol. The first-order chi connectivity index (χ1) is 9.43. The predicted octanol–water partition coefficient (Wildman–Crippen LogP) is -0.204. The van der Waals surface area contributed by atoms with Crippen LogP contribution < -0.4 is 5.32 Å². The second-order valence-electron chi connectivity index (χ2n) is 5.62. The summed E-state index contributed by atoms with van der Waals surface area (Å²) in [5.74, 6) is -0.603. The molecule has 2 rings (SSSR count). The van der Waals surface area contributed by atoms with Crippen LogP contribution in [0.4, 0.5) is 0 Å². The fourth-order valence-electron chi connectivity index (χ4n) is 2.96. The number of nitrogens with one attached hydrogen (secondary N) is 1. The molecule has 7 heteroatoms. The van der Waals surface area contributed by atoms with E-state index in [9.17, 15) is 18.0 Å². The van der Waals surface area contributed by atoms with Crippen LogP contribution in [0, 0.1) is 11.8 Å². The van der Waals surface area contributed by atoms with Crippen LogP contribution in [0.3, 0.4) is 0 Å². The molecule has 0 aromatic heterocycles. The van der Waals surface area contributed by atoms with Crippen molar-refractivity contribution in [2.75, 3.05) is 31.1 Å². The van der Waals surface area contributed by atoms with Crippen LogP contribution >= 0.6 is 0 Å². The first kappa shape index (κ1) is 15.3. The topological polar surface area (TPSA) is 83.6 Å². The summed E-state index contributed by atoms with van der Waals surface area (Å²) in [6.45, 7) is 3.50. The lowest BCUT2D eigenvalue weighted by atomic mass is 9.95. The molecule has 0 bridgehead atoms. The number of piperidine rings is 1. The van der Waals surface area contributed by atoms with E-state index in [0.29, 0.717) is 26.1 Å². The third kappa shape index (κ3) is 3.50. The minimum absolute atomic E-state index is 0.0101. The van der Waals surface area contributed by atoms with Gasteiger partial charge in [0.15, 0.2) is 9.84 Å². The summed E-state index contributed by atoms with van der Waals surface area (Å²) < 4.78 is 22.9. The fraction of sp³-hybridized carbons (Fsp3) is 0.846. The standard InChI is InChI=1S/C13H22N2O4S/c1-2-14-12(16)10-4-3-6-15(8-10)13(17)11-5-7-20(18,19)9-11/h10-11H,2-9H2,1H3,(H,14,16). The number of likely N-dealkylation sites (tertiary alicyclic amines) is 1. The molecule has 0 saturated carbocycles. The zero-order valence-electron chi connectivity index (χ0n) is 11.8. The number of rotatable bonds is 3. The third-order valence-electron chi connectivity index (χ3n) is 4.04. The van der Waals surface area contributed by atoms with Crippen molar-refractivity contribution in [3.05, 3.63) is 0 Å². The molecule has 1 N–H and O–H groups in total. The molecule has 2 atom stereocenters. The molecule has 2 unspecified atom stereocenters. The molecule has 2 amide bonds. The van der Waals surface area contributed by atoms with E-state index in [-0.39, 0.29) is 29.2 Å². The zero-order chi connectivity index (χ0) is 14.8. The Morgan fingerprint density at radius 3 is 2.60 bits per heavy atom. The highest BCUT2D eigenvalue weighted by atomic mass is 32.2. The van der Waals surface area contributed by atoms with Gasteiger partial charge in [-0.3, -0.25) is 9.59 Å². The van der Waals surface area contributed by atoms with Crippen molar-refractivity contribution in [1.29, 1.82) is 0 Å². The number of sulfone groups is 1. The molecular formula is C13H22N2O4S. The molecule has 2 saturated heterocycles. The van der Waals surface area contributed by atoms with E-state index in [1.807, 2.05) is 6.92 Å². The van der Waals surface area contributed by atoms with Crippen LogP contribution in [0.15, 0.2) is 0 Å². The highest BCUT2D eigenvalue weighted by molar-refractivity contribution is 7.91. The molecule has 2 aliphatic rings. The first-order valence-corrected chi connectivity index (χ1v) is 9.02. The van der Waals surface area contributed by atoms with Gasteiger partial charge in [0.2, 0.25) is 11.8 Å². The van der Waals surface area contributed by atoms with Crippen LogP contribution in [0.5, 0.6) is 0 Å². The fourth-order valence-corrected chi connectivity index (χ4v) is 4.69. The summed E-state index contributed by atoms with van der Waals surface area (Å²) >= 11 is 0. The lowest BCUT2D eigenvalue weighted by molar-refractivity contribution is -0.138. The summed E-state index contributed by atoms with van der Waals surface area (Å²) in [4.78, 5) is 25.9. The van der Waals surface area contributed by atoms with Gasteiger partial charge >= 0.3 is 0 Å². The summed E-state index contributed by atoms with van der Waals surface area (Å²) in [5.41, 5.74) is 0. The third-order valence-corrected chi connectivity index (χ3v) is 5.80. The van der Waals surface area contributed by atoms with Crippen molar-refractivity contribution >= 4 is 21.7 Å². The van der Waals surface area contributed by atoms with Crippen molar-refractivity contribution in [3.8, 4) is 0 Å². The minimum atomic E-state index is -3.04. The zero-order valence-corrected chi connectivity index (χ0v) is 12.6. The number of carbonyl (C=O) groups is 2. The molecule has 0 spiro atoms. The number of nitrogens with zero attached hydrogens (tertiary/aromatic N) is 1. The van der Waals surface area contributed by atoms with Crippen molar-refractivity contribution in [3.63, 3.8) is 0 Å². The second kappa shape index (κ2) is 6.11. The Balaban J connectivity index is 1.95. The molecule has 20 heavy (non-hydrogen) atoms. The van der Waals surface area contributed by atoms with Gasteiger partial charge in [-0.1, -0.05) is 0 Å². The molecule has 0 aliphatic carbocycles. The quantitative estimate of drug-likeness (QED) is 0.782. The van der Waals surface area contributed by atoms with Gasteiger partial charge < -0.3 is 10.2 Å². The second-order valence-corrected chi connectivity index (χ2v) is 7.85. The number of amides is 2. The molecule has 0 aromatic rings.